The molecule has 0 saturated carbocycles. The van der Waals surface area contributed by atoms with E-state index in [9.17, 15) is 4.79 Å². The summed E-state index contributed by atoms with van der Waals surface area (Å²) in [6.45, 7) is 4.17. The number of esters is 1. The standard InChI is InChI=1S/C20H36O2S/c1-3-4-5-6-7-8-9-10-11-12-13-14-15-23-17-19-16-18(2)20(21)22-19/h16,18H,3-15,17H2,1-2H3. The molecule has 0 aromatic carbocycles. The Balaban J connectivity index is 1.75. The third-order valence-electron chi connectivity index (χ3n) is 4.43. The molecule has 1 rings (SSSR count). The maximum absolute atomic E-state index is 11.2. The Hall–Kier alpha value is -0.440. The molecule has 1 aliphatic rings. The Bertz CT molecular complexity index is 339. The fourth-order valence-electron chi connectivity index (χ4n) is 2.90. The highest BCUT2D eigenvalue weighted by molar-refractivity contribution is 7.99. The Kier molecular flexibility index (Phi) is 12.5. The van der Waals surface area contributed by atoms with Crippen molar-refractivity contribution >= 4 is 17.7 Å². The highest BCUT2D eigenvalue weighted by atomic mass is 32.2. The van der Waals surface area contributed by atoms with E-state index in [1.54, 1.807) is 0 Å². The number of thioether (sulfide) groups is 1. The molecule has 1 heterocycles. The molecule has 0 spiro atoms. The lowest BCUT2D eigenvalue weighted by atomic mass is 10.1. The van der Waals surface area contributed by atoms with Gasteiger partial charge in [0, 0.05) is 0 Å². The van der Waals surface area contributed by atoms with Crippen molar-refractivity contribution < 1.29 is 9.53 Å². The summed E-state index contributed by atoms with van der Waals surface area (Å²) < 4.78 is 5.19. The van der Waals surface area contributed by atoms with Gasteiger partial charge in [0.25, 0.3) is 0 Å². The second kappa shape index (κ2) is 13.9. The third kappa shape index (κ3) is 10.9. The van der Waals surface area contributed by atoms with Crippen molar-refractivity contribution in [2.45, 2.75) is 90.9 Å². The van der Waals surface area contributed by atoms with Crippen molar-refractivity contribution in [1.82, 2.24) is 0 Å². The molecule has 0 bridgehead atoms. The van der Waals surface area contributed by atoms with E-state index in [0.29, 0.717) is 0 Å². The van der Waals surface area contributed by atoms with Crippen LogP contribution in [0, 0.1) is 5.92 Å². The van der Waals surface area contributed by atoms with E-state index < -0.39 is 0 Å². The Morgan fingerprint density at radius 3 is 1.91 bits per heavy atom. The van der Waals surface area contributed by atoms with Crippen LogP contribution in [-0.2, 0) is 9.53 Å². The minimum absolute atomic E-state index is 0.0442. The van der Waals surface area contributed by atoms with Crippen molar-refractivity contribution in [3.05, 3.63) is 11.8 Å². The molecule has 1 atom stereocenters. The Labute approximate surface area is 147 Å². The first-order chi connectivity index (χ1) is 11.2. The summed E-state index contributed by atoms with van der Waals surface area (Å²) in [4.78, 5) is 11.2. The lowest BCUT2D eigenvalue weighted by Crippen LogP contribution is -2.03. The SMILES string of the molecule is CCCCCCCCCCCCCCSCC1=CC(C)C(=O)O1. The summed E-state index contributed by atoms with van der Waals surface area (Å²) in [5.74, 6) is 2.77. The van der Waals surface area contributed by atoms with Crippen molar-refractivity contribution in [2.75, 3.05) is 11.5 Å². The van der Waals surface area contributed by atoms with Gasteiger partial charge in [0.15, 0.2) is 0 Å². The quantitative estimate of drug-likeness (QED) is 0.251. The van der Waals surface area contributed by atoms with E-state index in [4.69, 9.17) is 4.74 Å². The molecule has 0 radical (unpaired) electrons. The fourth-order valence-corrected chi connectivity index (χ4v) is 3.81. The maximum Gasteiger partial charge on any atom is 0.317 e. The average molecular weight is 341 g/mol. The zero-order chi connectivity index (χ0) is 16.8. The van der Waals surface area contributed by atoms with Gasteiger partial charge in [0.05, 0.1) is 11.7 Å². The van der Waals surface area contributed by atoms with E-state index in [2.05, 4.69) is 6.92 Å². The van der Waals surface area contributed by atoms with Crippen molar-refractivity contribution in [3.8, 4) is 0 Å². The highest BCUT2D eigenvalue weighted by Crippen LogP contribution is 2.21. The number of carbonyl (C=O) groups excluding carboxylic acids is 1. The van der Waals surface area contributed by atoms with Gasteiger partial charge in [-0.15, -0.1) is 0 Å². The van der Waals surface area contributed by atoms with Crippen molar-refractivity contribution in [2.24, 2.45) is 5.92 Å². The summed E-state index contributed by atoms with van der Waals surface area (Å²) >= 11 is 1.89. The zero-order valence-corrected chi connectivity index (χ0v) is 16.1. The van der Waals surface area contributed by atoms with Crippen LogP contribution in [-0.4, -0.2) is 17.5 Å². The number of hydrogen-bond donors (Lipinski definition) is 0. The summed E-state index contributed by atoms with van der Waals surface area (Å²) in [7, 11) is 0. The van der Waals surface area contributed by atoms with Gasteiger partial charge in [0.2, 0.25) is 0 Å². The van der Waals surface area contributed by atoms with Gasteiger partial charge >= 0.3 is 5.97 Å². The highest BCUT2D eigenvalue weighted by Gasteiger charge is 2.22. The van der Waals surface area contributed by atoms with Crippen LogP contribution in [0.1, 0.15) is 90.9 Å². The first kappa shape index (κ1) is 20.6. The number of hydrogen-bond acceptors (Lipinski definition) is 3. The largest absolute Gasteiger partial charge is 0.430 e. The van der Waals surface area contributed by atoms with Crippen LogP contribution in [0.3, 0.4) is 0 Å². The van der Waals surface area contributed by atoms with Crippen LogP contribution in [0.5, 0.6) is 0 Å². The maximum atomic E-state index is 11.2. The van der Waals surface area contributed by atoms with E-state index in [0.717, 1.165) is 11.5 Å². The molecule has 2 nitrogen and oxygen atoms in total. The van der Waals surface area contributed by atoms with Gasteiger partial charge in [-0.1, -0.05) is 77.6 Å². The summed E-state index contributed by atoms with van der Waals surface area (Å²) in [6.07, 6.45) is 18.7. The van der Waals surface area contributed by atoms with Crippen LogP contribution >= 0.6 is 11.8 Å². The number of rotatable bonds is 15. The molecule has 1 unspecified atom stereocenters. The van der Waals surface area contributed by atoms with Crippen LogP contribution in [0.25, 0.3) is 0 Å². The predicted octanol–water partition coefficient (Wildman–Crippen LogP) is 6.50. The minimum Gasteiger partial charge on any atom is -0.430 e. The normalized spacial score (nSPS) is 17.4. The van der Waals surface area contributed by atoms with Gasteiger partial charge in [-0.2, -0.15) is 11.8 Å². The molecular weight excluding hydrogens is 304 g/mol. The molecule has 1 aliphatic heterocycles. The third-order valence-corrected chi connectivity index (χ3v) is 5.49. The Morgan fingerprint density at radius 2 is 1.43 bits per heavy atom. The molecule has 23 heavy (non-hydrogen) atoms. The van der Waals surface area contributed by atoms with Crippen molar-refractivity contribution in [3.63, 3.8) is 0 Å². The molecule has 0 amide bonds. The van der Waals surface area contributed by atoms with Gasteiger partial charge in [0.1, 0.15) is 5.76 Å². The van der Waals surface area contributed by atoms with Crippen LogP contribution in [0.15, 0.2) is 11.8 Å². The molecule has 0 aromatic rings. The van der Waals surface area contributed by atoms with Crippen LogP contribution in [0.2, 0.25) is 0 Å². The predicted molar refractivity (Wildman–Crippen MR) is 102 cm³/mol. The molecule has 0 saturated heterocycles. The Morgan fingerprint density at radius 1 is 0.913 bits per heavy atom. The summed E-state index contributed by atoms with van der Waals surface area (Å²) in [6, 6.07) is 0. The molecule has 0 fully saturated rings. The molecular formula is C20H36O2S. The van der Waals surface area contributed by atoms with Crippen LogP contribution < -0.4 is 0 Å². The smallest absolute Gasteiger partial charge is 0.317 e. The van der Waals surface area contributed by atoms with Crippen molar-refractivity contribution in [1.29, 1.82) is 0 Å². The molecule has 134 valence electrons. The lowest BCUT2D eigenvalue weighted by Gasteiger charge is -2.04. The second-order valence-electron chi connectivity index (χ2n) is 6.78. The van der Waals surface area contributed by atoms with E-state index in [1.165, 1.54) is 82.8 Å². The fraction of sp³-hybridized carbons (Fsp3) is 0.850. The second-order valence-corrected chi connectivity index (χ2v) is 7.89. The topological polar surface area (TPSA) is 26.3 Å². The molecule has 0 N–H and O–H groups in total. The van der Waals surface area contributed by atoms with Gasteiger partial charge in [-0.25, -0.2) is 0 Å². The number of cyclic esters (lactones) is 1. The number of carbonyl (C=O) groups is 1. The summed E-state index contributed by atoms with van der Waals surface area (Å²) in [5, 5.41) is 0. The van der Waals surface area contributed by atoms with E-state index in [-0.39, 0.29) is 11.9 Å². The van der Waals surface area contributed by atoms with Gasteiger partial charge < -0.3 is 4.74 Å². The molecule has 3 heteroatoms. The van der Waals surface area contributed by atoms with Gasteiger partial charge in [-0.3, -0.25) is 4.79 Å². The monoisotopic (exact) mass is 340 g/mol. The van der Waals surface area contributed by atoms with Gasteiger partial charge in [-0.05, 0) is 25.2 Å². The summed E-state index contributed by atoms with van der Waals surface area (Å²) in [5.41, 5.74) is 0. The first-order valence-corrected chi connectivity index (χ1v) is 10.9. The number of unbranched alkanes of at least 4 members (excludes halogenated alkanes) is 11. The zero-order valence-electron chi connectivity index (χ0n) is 15.3. The number of ether oxygens (including phenoxy) is 1. The molecule has 0 aliphatic carbocycles. The minimum atomic E-state index is -0.0917. The molecule has 0 aromatic heterocycles. The average Bonchev–Trinajstić information content (AvgIpc) is 2.86. The van der Waals surface area contributed by atoms with Crippen LogP contribution in [0.4, 0.5) is 0 Å². The lowest BCUT2D eigenvalue weighted by molar-refractivity contribution is -0.139. The van der Waals surface area contributed by atoms with E-state index >= 15 is 0 Å². The first-order valence-electron chi connectivity index (χ1n) is 9.74. The van der Waals surface area contributed by atoms with E-state index in [1.807, 2.05) is 24.8 Å².